The lowest BCUT2D eigenvalue weighted by Gasteiger charge is -2.18. The molecule has 1 saturated carbocycles. The van der Waals surface area contributed by atoms with Crippen LogP contribution in [-0.2, 0) is 6.42 Å². The van der Waals surface area contributed by atoms with Gasteiger partial charge in [0.2, 0.25) is 0 Å². The monoisotopic (exact) mass is 338 g/mol. The van der Waals surface area contributed by atoms with Crippen LogP contribution in [0.15, 0.2) is 54.6 Å². The molecule has 2 atom stereocenters. The first-order valence-corrected chi connectivity index (χ1v) is 10.6. The van der Waals surface area contributed by atoms with Gasteiger partial charge in [0.25, 0.3) is 0 Å². The quantitative estimate of drug-likeness (QED) is 0.268. The molecular weight excluding hydrogens is 300 g/mol. The van der Waals surface area contributed by atoms with Crippen LogP contribution in [0.3, 0.4) is 0 Å². The molecule has 25 heavy (non-hydrogen) atoms. The summed E-state index contributed by atoms with van der Waals surface area (Å²) in [4.78, 5) is 0. The number of unbranched alkanes of at least 4 members (excludes halogenated alkanes) is 3. The van der Waals surface area contributed by atoms with E-state index >= 15 is 0 Å². The lowest BCUT2D eigenvalue weighted by Crippen LogP contribution is -2.07. The highest BCUT2D eigenvalue weighted by atomic mass is 14.3. The Kier molecular flexibility index (Phi) is 9.70. The SMILES string of the molecule is C=C(C)CCC/C=C\C[C@H]1CCCC1CCCCCc1ccccc1. The second-order valence-corrected chi connectivity index (χ2v) is 8.09. The summed E-state index contributed by atoms with van der Waals surface area (Å²) in [6.45, 7) is 6.11. The van der Waals surface area contributed by atoms with Crippen LogP contribution in [-0.4, -0.2) is 0 Å². The van der Waals surface area contributed by atoms with Crippen LogP contribution in [0, 0.1) is 11.8 Å². The van der Waals surface area contributed by atoms with E-state index in [1.807, 2.05) is 0 Å². The molecule has 0 aliphatic heterocycles. The summed E-state index contributed by atoms with van der Waals surface area (Å²) < 4.78 is 0. The van der Waals surface area contributed by atoms with E-state index < -0.39 is 0 Å². The van der Waals surface area contributed by atoms with Crippen molar-refractivity contribution in [1.29, 1.82) is 0 Å². The molecule has 0 aromatic heterocycles. The van der Waals surface area contributed by atoms with Crippen molar-refractivity contribution in [3.05, 3.63) is 60.2 Å². The first-order chi connectivity index (χ1) is 12.3. The molecule has 2 rings (SSSR count). The predicted octanol–water partition coefficient (Wildman–Crippen LogP) is 7.90. The Balaban J connectivity index is 1.54. The van der Waals surface area contributed by atoms with Gasteiger partial charge < -0.3 is 0 Å². The van der Waals surface area contributed by atoms with Crippen molar-refractivity contribution in [2.45, 2.75) is 84.0 Å². The fourth-order valence-electron chi connectivity index (χ4n) is 4.27. The number of hydrogen-bond acceptors (Lipinski definition) is 0. The Hall–Kier alpha value is -1.30. The maximum absolute atomic E-state index is 3.98. The van der Waals surface area contributed by atoms with Crippen LogP contribution in [0.25, 0.3) is 0 Å². The van der Waals surface area contributed by atoms with Crippen LogP contribution >= 0.6 is 0 Å². The zero-order chi connectivity index (χ0) is 17.7. The van der Waals surface area contributed by atoms with Gasteiger partial charge in [-0.15, -0.1) is 6.58 Å². The van der Waals surface area contributed by atoms with Crippen LogP contribution in [0.2, 0.25) is 0 Å². The maximum Gasteiger partial charge on any atom is -0.0279 e. The van der Waals surface area contributed by atoms with Crippen LogP contribution in [0.5, 0.6) is 0 Å². The van der Waals surface area contributed by atoms with Crippen molar-refractivity contribution < 1.29 is 0 Å². The van der Waals surface area contributed by atoms with Crippen molar-refractivity contribution in [3.63, 3.8) is 0 Å². The first kappa shape index (κ1) is 20.0. The summed E-state index contributed by atoms with van der Waals surface area (Å²) in [7, 11) is 0. The van der Waals surface area contributed by atoms with Gasteiger partial charge in [0.1, 0.15) is 0 Å². The van der Waals surface area contributed by atoms with Gasteiger partial charge in [-0.25, -0.2) is 0 Å². The fourth-order valence-corrected chi connectivity index (χ4v) is 4.27. The number of rotatable bonds is 12. The second kappa shape index (κ2) is 12.1. The molecule has 1 fully saturated rings. The molecule has 0 spiro atoms. The molecule has 0 bridgehead atoms. The standard InChI is InChI=1S/C25H38/c1-22(2)14-7-3-4-11-18-24-20-13-21-25(24)19-12-6-10-17-23-15-8-5-9-16-23/h4-5,8-9,11,15-16,24-25H,1,3,6-7,10,12-14,17-21H2,2H3/b11-4-/t24-,25?/m0/s1. The van der Waals surface area contributed by atoms with E-state index in [0.717, 1.165) is 11.8 Å². The van der Waals surface area contributed by atoms with E-state index in [1.165, 1.54) is 88.2 Å². The Bertz CT molecular complexity index is 496. The highest BCUT2D eigenvalue weighted by Gasteiger charge is 2.25. The third-order valence-electron chi connectivity index (χ3n) is 5.78. The normalized spacial score (nSPS) is 20.4. The van der Waals surface area contributed by atoms with Gasteiger partial charge in [-0.1, -0.05) is 80.2 Å². The van der Waals surface area contributed by atoms with E-state index in [-0.39, 0.29) is 0 Å². The summed E-state index contributed by atoms with van der Waals surface area (Å²) in [6.07, 6.45) is 21.2. The van der Waals surface area contributed by atoms with Gasteiger partial charge in [0.15, 0.2) is 0 Å². The second-order valence-electron chi connectivity index (χ2n) is 8.09. The topological polar surface area (TPSA) is 0 Å². The molecule has 1 aromatic carbocycles. The van der Waals surface area contributed by atoms with E-state index in [0.29, 0.717) is 0 Å². The lowest BCUT2D eigenvalue weighted by molar-refractivity contribution is 0.353. The van der Waals surface area contributed by atoms with Crippen molar-refractivity contribution in [1.82, 2.24) is 0 Å². The van der Waals surface area contributed by atoms with E-state index in [1.54, 1.807) is 0 Å². The van der Waals surface area contributed by atoms with Gasteiger partial charge in [-0.05, 0) is 69.3 Å². The molecule has 1 aliphatic rings. The van der Waals surface area contributed by atoms with Gasteiger partial charge in [0.05, 0.1) is 0 Å². The Morgan fingerprint density at radius 3 is 2.60 bits per heavy atom. The molecule has 1 aliphatic carbocycles. The fraction of sp³-hybridized carbons (Fsp3) is 0.600. The van der Waals surface area contributed by atoms with Crippen molar-refractivity contribution in [2.75, 3.05) is 0 Å². The van der Waals surface area contributed by atoms with Crippen LogP contribution < -0.4 is 0 Å². The molecule has 0 amide bonds. The number of aryl methyl sites for hydroxylation is 1. The molecule has 0 heteroatoms. The highest BCUT2D eigenvalue weighted by Crippen LogP contribution is 2.37. The van der Waals surface area contributed by atoms with Crippen molar-refractivity contribution in [3.8, 4) is 0 Å². The average molecular weight is 339 g/mol. The lowest BCUT2D eigenvalue weighted by atomic mass is 9.88. The minimum absolute atomic E-state index is 0.964. The summed E-state index contributed by atoms with van der Waals surface area (Å²) in [5, 5.41) is 0. The zero-order valence-electron chi connectivity index (χ0n) is 16.4. The zero-order valence-corrected chi connectivity index (χ0v) is 16.4. The van der Waals surface area contributed by atoms with Crippen molar-refractivity contribution in [2.24, 2.45) is 11.8 Å². The minimum atomic E-state index is 0.964. The van der Waals surface area contributed by atoms with E-state index in [9.17, 15) is 0 Å². The Labute approximate surface area is 156 Å². The first-order valence-electron chi connectivity index (χ1n) is 10.6. The molecule has 0 nitrogen and oxygen atoms in total. The highest BCUT2D eigenvalue weighted by molar-refractivity contribution is 5.14. The smallest absolute Gasteiger partial charge is 0.0279 e. The molecule has 1 aromatic rings. The molecule has 1 unspecified atom stereocenters. The van der Waals surface area contributed by atoms with Gasteiger partial charge in [-0.2, -0.15) is 0 Å². The molecule has 0 radical (unpaired) electrons. The molecule has 0 N–H and O–H groups in total. The third kappa shape index (κ3) is 8.56. The molecular formula is C25H38. The van der Waals surface area contributed by atoms with Gasteiger partial charge >= 0.3 is 0 Å². The average Bonchev–Trinajstić information content (AvgIpc) is 3.06. The molecule has 0 heterocycles. The van der Waals surface area contributed by atoms with E-state index in [2.05, 4.69) is 56.0 Å². The third-order valence-corrected chi connectivity index (χ3v) is 5.78. The van der Waals surface area contributed by atoms with Crippen molar-refractivity contribution >= 4 is 0 Å². The summed E-state index contributed by atoms with van der Waals surface area (Å²) in [6, 6.07) is 10.9. The van der Waals surface area contributed by atoms with Gasteiger partial charge in [0, 0.05) is 0 Å². The maximum atomic E-state index is 3.98. The number of allylic oxidation sites excluding steroid dienone is 3. The number of benzene rings is 1. The van der Waals surface area contributed by atoms with Gasteiger partial charge in [-0.3, -0.25) is 0 Å². The Morgan fingerprint density at radius 2 is 1.80 bits per heavy atom. The summed E-state index contributed by atoms with van der Waals surface area (Å²) in [5.74, 6) is 1.96. The number of hydrogen-bond donors (Lipinski definition) is 0. The minimum Gasteiger partial charge on any atom is -0.100 e. The Morgan fingerprint density at radius 1 is 1.00 bits per heavy atom. The molecule has 138 valence electrons. The van der Waals surface area contributed by atoms with Crippen LogP contribution in [0.1, 0.15) is 83.1 Å². The summed E-state index contributed by atoms with van der Waals surface area (Å²) in [5.41, 5.74) is 2.81. The molecule has 0 saturated heterocycles. The van der Waals surface area contributed by atoms with Crippen LogP contribution in [0.4, 0.5) is 0 Å². The van der Waals surface area contributed by atoms with E-state index in [4.69, 9.17) is 0 Å². The largest absolute Gasteiger partial charge is 0.100 e. The summed E-state index contributed by atoms with van der Waals surface area (Å²) >= 11 is 0. The predicted molar refractivity (Wildman–Crippen MR) is 112 cm³/mol.